The molecular weight excluding hydrogens is 686 g/mol. The van der Waals surface area contributed by atoms with Crippen molar-refractivity contribution in [1.82, 2.24) is 25.1 Å². The summed E-state index contributed by atoms with van der Waals surface area (Å²) in [5, 5.41) is 10.7. The quantitative estimate of drug-likeness (QED) is 0.136. The maximum absolute atomic E-state index is 14.3. The Kier molecular flexibility index (Phi) is 8.71. The monoisotopic (exact) mass is 723 g/mol. The number of H-pyrrole nitrogens is 2. The average molecular weight is 724 g/mol. The van der Waals surface area contributed by atoms with E-state index in [9.17, 15) is 14.4 Å². The van der Waals surface area contributed by atoms with Crippen molar-refractivity contribution in [3.05, 3.63) is 76.8 Å². The van der Waals surface area contributed by atoms with Gasteiger partial charge in [-0.3, -0.25) is 9.59 Å². The molecule has 6 aromatic rings. The normalized spacial score (nSPS) is 16.4. The van der Waals surface area contributed by atoms with E-state index in [4.69, 9.17) is 16.3 Å². The number of nitrogens with zero attached hydrogens (tertiary/aromatic N) is 3. The molecule has 0 saturated carbocycles. The van der Waals surface area contributed by atoms with Crippen LogP contribution in [0.2, 0.25) is 0 Å². The number of aryl methyl sites for hydroxylation is 1. The van der Waals surface area contributed by atoms with Crippen LogP contribution in [0.5, 0.6) is 5.75 Å². The summed E-state index contributed by atoms with van der Waals surface area (Å²) < 4.78 is 6.97. The molecular formula is C38H38ClN7O4S. The predicted octanol–water partition coefficient (Wildman–Crippen LogP) is 6.73. The number of amides is 3. The lowest BCUT2D eigenvalue weighted by molar-refractivity contribution is -0.115. The highest BCUT2D eigenvalue weighted by Crippen LogP contribution is 2.49. The number of alkyl halides is 1. The third-order valence-corrected chi connectivity index (χ3v) is 11.4. The average Bonchev–Trinajstić information content (AvgIpc) is 3.91. The van der Waals surface area contributed by atoms with Crippen LogP contribution in [0.4, 0.5) is 16.2 Å². The molecule has 8 rings (SSSR count). The van der Waals surface area contributed by atoms with Crippen molar-refractivity contribution < 1.29 is 19.1 Å². The fourth-order valence-corrected chi connectivity index (χ4v) is 8.51. The molecule has 3 amide bonds. The number of halogens is 1. The molecule has 1 fully saturated rings. The second-order valence-electron chi connectivity index (χ2n) is 13.4. The number of aromatic nitrogens is 2. The minimum absolute atomic E-state index is 0.0704. The Morgan fingerprint density at radius 2 is 1.75 bits per heavy atom. The summed E-state index contributed by atoms with van der Waals surface area (Å²) in [7, 11) is 3.78. The lowest BCUT2D eigenvalue weighted by Crippen LogP contribution is -2.48. The van der Waals surface area contributed by atoms with Gasteiger partial charge in [-0.2, -0.15) is 0 Å². The lowest BCUT2D eigenvalue weighted by atomic mass is 9.97. The topological polar surface area (TPSA) is 126 Å². The molecule has 51 heavy (non-hydrogen) atoms. The van der Waals surface area contributed by atoms with Gasteiger partial charge in [0.05, 0.1) is 16.9 Å². The van der Waals surface area contributed by atoms with E-state index in [1.165, 1.54) is 0 Å². The fraction of sp³-hybridized carbons (Fsp3) is 0.289. The van der Waals surface area contributed by atoms with Gasteiger partial charge in [0, 0.05) is 89.2 Å². The number of carbonyl (C=O) groups excluding carboxylic acids is 3. The number of hydrogen-bond donors (Lipinski definition) is 4. The molecule has 2 aliphatic rings. The maximum atomic E-state index is 14.3. The number of carbonyl (C=O) groups is 3. The molecule has 0 spiro atoms. The molecule has 11 nitrogen and oxygen atoms in total. The smallest absolute Gasteiger partial charge is 0.409 e. The number of aromatic amines is 2. The Labute approximate surface area is 303 Å². The lowest BCUT2D eigenvalue weighted by Gasteiger charge is -2.31. The standard InChI is InChI=1S/C38H38ClN7O4S/c1-21-20-51-36-32(50-38(49)45-10-8-44(3)9-11-45)16-31-35(34(21)36)25(17-39)19-46(31)37(48)30-15-23-12-22(4-6-27(23)43-30)29-14-24-13-26(5-7-28(24)42-29)41-33(47)18-40-2/h4-7,12-16,20,25,40,42-43H,8-11,17-19H2,1-3H3,(H,41,47). The van der Waals surface area contributed by atoms with Crippen LogP contribution in [0, 0.1) is 6.92 Å². The van der Waals surface area contributed by atoms with E-state index in [0.29, 0.717) is 37.0 Å². The highest BCUT2D eigenvalue weighted by Gasteiger charge is 2.37. The summed E-state index contributed by atoms with van der Waals surface area (Å²) in [5.41, 5.74) is 7.68. The van der Waals surface area contributed by atoms with E-state index in [0.717, 1.165) is 78.7 Å². The number of hydrogen-bond acceptors (Lipinski definition) is 7. The number of benzene rings is 3. The third-order valence-electron chi connectivity index (χ3n) is 9.91. The molecule has 5 heterocycles. The first-order chi connectivity index (χ1) is 24.7. The minimum Gasteiger partial charge on any atom is -0.409 e. The van der Waals surface area contributed by atoms with Crippen LogP contribution in [0.3, 0.4) is 0 Å². The van der Waals surface area contributed by atoms with E-state index in [-0.39, 0.29) is 30.4 Å². The number of rotatable bonds is 7. The van der Waals surface area contributed by atoms with Crippen molar-refractivity contribution in [2.75, 3.05) is 69.5 Å². The molecule has 4 N–H and O–H groups in total. The number of fused-ring (bicyclic) bond motifs is 5. The van der Waals surface area contributed by atoms with Crippen LogP contribution < -0.4 is 20.3 Å². The second-order valence-corrected chi connectivity index (χ2v) is 14.6. The molecule has 13 heteroatoms. The zero-order valence-corrected chi connectivity index (χ0v) is 30.1. The van der Waals surface area contributed by atoms with Crippen LogP contribution in [0.15, 0.2) is 60.0 Å². The van der Waals surface area contributed by atoms with E-state index < -0.39 is 0 Å². The fourth-order valence-electron chi connectivity index (χ4n) is 7.24. The molecule has 0 aliphatic carbocycles. The first-order valence-corrected chi connectivity index (χ1v) is 18.4. The number of piperazine rings is 1. The first-order valence-electron chi connectivity index (χ1n) is 17.0. The zero-order chi connectivity index (χ0) is 35.4. The van der Waals surface area contributed by atoms with E-state index in [1.807, 2.05) is 56.4 Å². The van der Waals surface area contributed by atoms with E-state index in [1.54, 1.807) is 28.2 Å². The molecule has 0 radical (unpaired) electrons. The maximum Gasteiger partial charge on any atom is 0.415 e. The van der Waals surface area contributed by atoms with Crippen molar-refractivity contribution in [3.63, 3.8) is 0 Å². The molecule has 1 saturated heterocycles. The van der Waals surface area contributed by atoms with Gasteiger partial charge in [-0.25, -0.2) is 4.79 Å². The van der Waals surface area contributed by atoms with Gasteiger partial charge in [-0.05, 0) is 85.6 Å². The van der Waals surface area contributed by atoms with Crippen molar-refractivity contribution in [2.24, 2.45) is 0 Å². The van der Waals surface area contributed by atoms with Gasteiger partial charge in [0.25, 0.3) is 5.91 Å². The number of likely N-dealkylation sites (N-methyl/N-ethyl adjacent to an activating group) is 2. The Morgan fingerprint density at radius 1 is 0.980 bits per heavy atom. The van der Waals surface area contributed by atoms with Gasteiger partial charge < -0.3 is 40.0 Å². The number of anilines is 2. The van der Waals surface area contributed by atoms with Crippen LogP contribution in [0.25, 0.3) is 43.1 Å². The number of thiophene rings is 1. The SMILES string of the molecule is CNCC(=O)Nc1ccc2[nH]c(-c3ccc4[nH]c(C(=O)N5CC(CCl)c6c5cc(OC(=O)N5CCN(C)CC5)c5scc(C)c65)cc4c3)cc2c1. The van der Waals surface area contributed by atoms with Crippen molar-refractivity contribution in [3.8, 4) is 17.0 Å². The number of ether oxygens (including phenoxy) is 1. The Hall–Kier alpha value is -4.88. The van der Waals surface area contributed by atoms with Gasteiger partial charge in [-0.15, -0.1) is 22.9 Å². The van der Waals surface area contributed by atoms with Gasteiger partial charge in [-0.1, -0.05) is 6.07 Å². The molecule has 262 valence electrons. The summed E-state index contributed by atoms with van der Waals surface area (Å²) >= 11 is 8.10. The van der Waals surface area contributed by atoms with Gasteiger partial charge in [0.2, 0.25) is 5.91 Å². The van der Waals surface area contributed by atoms with Crippen LogP contribution in [-0.2, 0) is 4.79 Å². The van der Waals surface area contributed by atoms with Crippen molar-refractivity contribution >= 4 is 84.1 Å². The zero-order valence-electron chi connectivity index (χ0n) is 28.6. The van der Waals surface area contributed by atoms with E-state index >= 15 is 0 Å². The third kappa shape index (κ3) is 6.12. The Bertz CT molecular complexity index is 2340. The summed E-state index contributed by atoms with van der Waals surface area (Å²) in [6.45, 7) is 5.49. The van der Waals surface area contributed by atoms with Crippen LogP contribution in [-0.4, -0.2) is 96.9 Å². The summed E-state index contributed by atoms with van der Waals surface area (Å²) in [4.78, 5) is 52.2. The summed E-state index contributed by atoms with van der Waals surface area (Å²) in [5.74, 6) is 0.464. The van der Waals surface area contributed by atoms with Crippen molar-refractivity contribution in [1.29, 1.82) is 0 Å². The largest absolute Gasteiger partial charge is 0.415 e. The molecule has 0 bridgehead atoms. The highest BCUT2D eigenvalue weighted by atomic mass is 35.5. The molecule has 3 aromatic heterocycles. The predicted molar refractivity (Wildman–Crippen MR) is 205 cm³/mol. The van der Waals surface area contributed by atoms with Gasteiger partial charge in [0.15, 0.2) is 5.75 Å². The Balaban J connectivity index is 1.09. The molecule has 1 unspecified atom stereocenters. The molecule has 3 aromatic carbocycles. The second kappa shape index (κ2) is 13.3. The van der Waals surface area contributed by atoms with Crippen molar-refractivity contribution in [2.45, 2.75) is 12.8 Å². The minimum atomic E-state index is -0.377. The number of nitrogens with one attached hydrogen (secondary N) is 4. The molecule has 2 aliphatic heterocycles. The van der Waals surface area contributed by atoms with Gasteiger partial charge in [0.1, 0.15) is 5.69 Å². The Morgan fingerprint density at radius 3 is 2.53 bits per heavy atom. The van der Waals surface area contributed by atoms with Crippen LogP contribution in [0.1, 0.15) is 27.5 Å². The van der Waals surface area contributed by atoms with Gasteiger partial charge >= 0.3 is 6.09 Å². The van der Waals surface area contributed by atoms with E-state index in [2.05, 4.69) is 43.0 Å². The summed E-state index contributed by atoms with van der Waals surface area (Å²) in [6.07, 6.45) is -0.377. The molecule has 1 atom stereocenters. The highest BCUT2D eigenvalue weighted by molar-refractivity contribution is 7.17. The van der Waals surface area contributed by atoms with Crippen LogP contribution >= 0.6 is 22.9 Å². The summed E-state index contributed by atoms with van der Waals surface area (Å²) in [6, 6.07) is 17.6. The first kappa shape index (κ1) is 33.3.